The number of hydrogen-bond donors (Lipinski definition) is 0. The molecule has 2 unspecified atom stereocenters. The van der Waals surface area contributed by atoms with E-state index in [-0.39, 0.29) is 24.7 Å². The van der Waals surface area contributed by atoms with Gasteiger partial charge in [-0.1, -0.05) is 6.08 Å². The first kappa shape index (κ1) is 10.0. The summed E-state index contributed by atoms with van der Waals surface area (Å²) in [6.45, 7) is -0.0122. The third-order valence-electron chi connectivity index (χ3n) is 2.71. The van der Waals surface area contributed by atoms with E-state index in [4.69, 9.17) is 4.74 Å². The molecule has 1 aliphatic heterocycles. The molecule has 1 saturated heterocycles. The zero-order chi connectivity index (χ0) is 10.8. The molecule has 2 aliphatic rings. The van der Waals surface area contributed by atoms with E-state index in [0.29, 0.717) is 0 Å². The molecule has 15 heavy (non-hydrogen) atoms. The van der Waals surface area contributed by atoms with Crippen LogP contribution in [-0.2, 0) is 14.3 Å². The van der Waals surface area contributed by atoms with E-state index < -0.39 is 6.09 Å². The van der Waals surface area contributed by atoms with Crippen molar-refractivity contribution in [3.63, 3.8) is 0 Å². The van der Waals surface area contributed by atoms with Gasteiger partial charge in [0.15, 0.2) is 0 Å². The second-order valence-corrected chi connectivity index (χ2v) is 3.63. The Morgan fingerprint density at radius 1 is 1.67 bits per heavy atom. The number of fused-ring (bicyclic) bond motifs is 1. The fraction of sp³-hybridized carbons (Fsp3) is 0.600. The van der Waals surface area contributed by atoms with Gasteiger partial charge in [0.05, 0.1) is 13.2 Å². The maximum Gasteiger partial charge on any atom is 0.410 e. The molecule has 1 amide bonds. The molecule has 2 rings (SSSR count). The van der Waals surface area contributed by atoms with Crippen LogP contribution >= 0.6 is 0 Å². The van der Waals surface area contributed by atoms with Crippen LogP contribution in [0.1, 0.15) is 12.8 Å². The zero-order valence-electron chi connectivity index (χ0n) is 8.51. The highest BCUT2D eigenvalue weighted by molar-refractivity contribution is 5.80. The van der Waals surface area contributed by atoms with Crippen molar-refractivity contribution in [3.8, 4) is 0 Å². The SMILES string of the molecule is COC(=O)N1CC(=O)OC2C=CCCC21. The number of morpholine rings is 1. The number of carbonyl (C=O) groups excluding carboxylic acids is 2. The molecule has 1 heterocycles. The fourth-order valence-electron chi connectivity index (χ4n) is 2.00. The van der Waals surface area contributed by atoms with Crippen LogP contribution in [0, 0.1) is 0 Å². The van der Waals surface area contributed by atoms with Gasteiger partial charge in [-0.3, -0.25) is 9.69 Å². The molecule has 0 bridgehead atoms. The van der Waals surface area contributed by atoms with Gasteiger partial charge in [-0.25, -0.2) is 4.79 Å². The van der Waals surface area contributed by atoms with E-state index in [1.807, 2.05) is 12.2 Å². The Labute approximate surface area is 87.6 Å². The highest BCUT2D eigenvalue weighted by atomic mass is 16.6. The average Bonchev–Trinajstić information content (AvgIpc) is 2.26. The first-order valence-electron chi connectivity index (χ1n) is 4.93. The number of ether oxygens (including phenoxy) is 2. The van der Waals surface area contributed by atoms with Crippen LogP contribution in [0.15, 0.2) is 12.2 Å². The first-order valence-corrected chi connectivity index (χ1v) is 4.93. The molecule has 0 aromatic heterocycles. The van der Waals surface area contributed by atoms with Crippen LogP contribution in [-0.4, -0.2) is 42.8 Å². The fourth-order valence-corrected chi connectivity index (χ4v) is 2.00. The van der Waals surface area contributed by atoms with Crippen LogP contribution in [0.3, 0.4) is 0 Å². The van der Waals surface area contributed by atoms with Crippen molar-refractivity contribution in [2.75, 3.05) is 13.7 Å². The van der Waals surface area contributed by atoms with Gasteiger partial charge in [0.1, 0.15) is 12.6 Å². The zero-order valence-corrected chi connectivity index (χ0v) is 8.51. The summed E-state index contributed by atoms with van der Waals surface area (Å²) in [5.74, 6) is -0.381. The van der Waals surface area contributed by atoms with Crippen molar-refractivity contribution in [3.05, 3.63) is 12.2 Å². The molecular formula is C10H13NO4. The molecule has 0 saturated carbocycles. The van der Waals surface area contributed by atoms with E-state index >= 15 is 0 Å². The van der Waals surface area contributed by atoms with Gasteiger partial charge in [-0.05, 0) is 18.9 Å². The van der Waals surface area contributed by atoms with Crippen molar-refractivity contribution in [2.45, 2.75) is 25.0 Å². The van der Waals surface area contributed by atoms with Crippen LogP contribution < -0.4 is 0 Å². The van der Waals surface area contributed by atoms with Gasteiger partial charge >= 0.3 is 12.1 Å². The maximum absolute atomic E-state index is 11.4. The van der Waals surface area contributed by atoms with Crippen LogP contribution in [0.5, 0.6) is 0 Å². The first-order chi connectivity index (χ1) is 7.22. The molecule has 1 fully saturated rings. The largest absolute Gasteiger partial charge is 0.455 e. The second-order valence-electron chi connectivity index (χ2n) is 3.63. The summed E-state index contributed by atoms with van der Waals surface area (Å²) in [6, 6.07) is -0.0693. The summed E-state index contributed by atoms with van der Waals surface area (Å²) in [4.78, 5) is 24.1. The minimum atomic E-state index is -0.461. The third-order valence-corrected chi connectivity index (χ3v) is 2.71. The minimum Gasteiger partial charge on any atom is -0.455 e. The lowest BCUT2D eigenvalue weighted by atomic mass is 9.96. The molecule has 0 spiro atoms. The summed E-state index contributed by atoms with van der Waals surface area (Å²) < 4.78 is 9.78. The topological polar surface area (TPSA) is 55.8 Å². The summed E-state index contributed by atoms with van der Waals surface area (Å²) in [6.07, 6.45) is 4.74. The molecule has 1 aliphatic carbocycles. The number of methoxy groups -OCH3 is 1. The van der Waals surface area contributed by atoms with Crippen molar-refractivity contribution < 1.29 is 19.1 Å². The highest BCUT2D eigenvalue weighted by Crippen LogP contribution is 2.24. The number of nitrogens with zero attached hydrogens (tertiary/aromatic N) is 1. The van der Waals surface area contributed by atoms with Crippen molar-refractivity contribution in [1.29, 1.82) is 0 Å². The predicted octanol–water partition coefficient (Wildman–Crippen LogP) is 0.699. The smallest absolute Gasteiger partial charge is 0.410 e. The molecule has 5 nitrogen and oxygen atoms in total. The molecule has 0 aromatic rings. The Morgan fingerprint density at radius 2 is 2.47 bits per heavy atom. The summed E-state index contributed by atoms with van der Waals surface area (Å²) in [5, 5.41) is 0. The average molecular weight is 211 g/mol. The van der Waals surface area contributed by atoms with E-state index in [2.05, 4.69) is 4.74 Å². The number of amides is 1. The van der Waals surface area contributed by atoms with E-state index in [1.165, 1.54) is 12.0 Å². The highest BCUT2D eigenvalue weighted by Gasteiger charge is 2.39. The van der Waals surface area contributed by atoms with Gasteiger partial charge in [-0.2, -0.15) is 0 Å². The molecule has 5 heteroatoms. The molecule has 2 atom stereocenters. The standard InChI is InChI=1S/C10H13NO4/c1-14-10(13)11-6-9(12)15-8-5-3-2-4-7(8)11/h3,5,7-8H,2,4,6H2,1H3. The summed E-state index contributed by atoms with van der Waals surface area (Å²) in [5.41, 5.74) is 0. The molecule has 0 N–H and O–H groups in total. The predicted molar refractivity (Wildman–Crippen MR) is 51.2 cm³/mol. The van der Waals surface area contributed by atoms with E-state index in [9.17, 15) is 9.59 Å². The number of hydrogen-bond acceptors (Lipinski definition) is 4. The van der Waals surface area contributed by atoms with Gasteiger partial charge in [-0.15, -0.1) is 0 Å². The Bertz CT molecular complexity index is 313. The normalized spacial score (nSPS) is 29.4. The number of esters is 1. The number of allylic oxidation sites excluding steroid dienone is 1. The monoisotopic (exact) mass is 211 g/mol. The Morgan fingerprint density at radius 3 is 3.20 bits per heavy atom. The Kier molecular flexibility index (Phi) is 2.62. The van der Waals surface area contributed by atoms with Crippen molar-refractivity contribution >= 4 is 12.1 Å². The number of carbonyl (C=O) groups is 2. The molecular weight excluding hydrogens is 198 g/mol. The lowest BCUT2D eigenvalue weighted by Gasteiger charge is -2.39. The number of rotatable bonds is 0. The van der Waals surface area contributed by atoms with E-state index in [0.717, 1.165) is 12.8 Å². The van der Waals surface area contributed by atoms with Gasteiger partial charge in [0.25, 0.3) is 0 Å². The molecule has 0 radical (unpaired) electrons. The Balaban J connectivity index is 2.18. The molecule has 0 aromatic carbocycles. The van der Waals surface area contributed by atoms with Gasteiger partial charge in [0, 0.05) is 0 Å². The maximum atomic E-state index is 11.4. The van der Waals surface area contributed by atoms with E-state index in [1.54, 1.807) is 0 Å². The second kappa shape index (κ2) is 3.92. The van der Waals surface area contributed by atoms with Crippen LogP contribution in [0.4, 0.5) is 4.79 Å². The minimum absolute atomic E-state index is 0.0122. The third kappa shape index (κ3) is 1.82. The van der Waals surface area contributed by atoms with Gasteiger partial charge in [0.2, 0.25) is 0 Å². The van der Waals surface area contributed by atoms with Crippen LogP contribution in [0.2, 0.25) is 0 Å². The summed E-state index contributed by atoms with van der Waals surface area (Å²) in [7, 11) is 1.32. The van der Waals surface area contributed by atoms with Crippen molar-refractivity contribution in [1.82, 2.24) is 4.90 Å². The molecule has 82 valence electrons. The van der Waals surface area contributed by atoms with Crippen molar-refractivity contribution in [2.24, 2.45) is 0 Å². The lowest BCUT2D eigenvalue weighted by molar-refractivity contribution is -0.159. The quantitative estimate of drug-likeness (QED) is 0.437. The summed E-state index contributed by atoms with van der Waals surface area (Å²) >= 11 is 0. The van der Waals surface area contributed by atoms with Gasteiger partial charge < -0.3 is 9.47 Å². The lowest BCUT2D eigenvalue weighted by Crippen LogP contribution is -2.55. The van der Waals surface area contributed by atoms with Crippen LogP contribution in [0.25, 0.3) is 0 Å². The Hall–Kier alpha value is -1.52.